The molecule has 2 aromatic heterocycles. The second-order valence-electron chi connectivity index (χ2n) is 4.23. The quantitative estimate of drug-likeness (QED) is 0.745. The lowest BCUT2D eigenvalue weighted by atomic mass is 10.2. The van der Waals surface area contributed by atoms with Gasteiger partial charge in [-0.05, 0) is 12.1 Å². The summed E-state index contributed by atoms with van der Waals surface area (Å²) in [6, 6.07) is 7.00. The van der Waals surface area contributed by atoms with Crippen molar-refractivity contribution in [3.63, 3.8) is 0 Å². The number of hydrogen-bond acceptors (Lipinski definition) is 3. The summed E-state index contributed by atoms with van der Waals surface area (Å²) in [6.07, 6.45) is 5.11. The minimum Gasteiger partial charge on any atom is -0.336 e. The smallest absolute Gasteiger partial charge is 0.328 e. The first kappa shape index (κ1) is 11.5. The maximum Gasteiger partial charge on any atom is 0.328 e. The number of nitrogens with zero attached hydrogens (tertiary/aromatic N) is 3. The van der Waals surface area contributed by atoms with E-state index in [1.165, 1.54) is 4.57 Å². The summed E-state index contributed by atoms with van der Waals surface area (Å²) in [6.45, 7) is 0.844. The summed E-state index contributed by atoms with van der Waals surface area (Å²) in [5.41, 5.74) is -0.0836. The van der Waals surface area contributed by atoms with Crippen molar-refractivity contribution in [1.29, 1.82) is 0 Å². The van der Waals surface area contributed by atoms with Crippen LogP contribution in [0.4, 0.5) is 0 Å². The molecule has 0 bridgehead atoms. The molecule has 19 heavy (non-hydrogen) atoms. The van der Waals surface area contributed by atoms with Crippen LogP contribution in [0.2, 0.25) is 0 Å². The highest BCUT2D eigenvalue weighted by Gasteiger charge is 2.06. The van der Waals surface area contributed by atoms with E-state index in [9.17, 15) is 9.59 Å². The normalized spacial score (nSPS) is 10.9. The van der Waals surface area contributed by atoms with Crippen molar-refractivity contribution >= 4 is 10.9 Å². The van der Waals surface area contributed by atoms with Crippen molar-refractivity contribution in [2.75, 3.05) is 0 Å². The number of aryl methyl sites for hydroxylation is 1. The Kier molecular flexibility index (Phi) is 2.75. The van der Waals surface area contributed by atoms with Crippen LogP contribution in [0.15, 0.2) is 52.6 Å². The van der Waals surface area contributed by atoms with Gasteiger partial charge in [-0.25, -0.2) is 9.78 Å². The highest BCUT2D eigenvalue weighted by molar-refractivity contribution is 5.76. The molecule has 0 radical (unpaired) electrons. The van der Waals surface area contributed by atoms with Gasteiger partial charge in [0, 0.05) is 25.5 Å². The van der Waals surface area contributed by atoms with Gasteiger partial charge in [-0.15, -0.1) is 0 Å². The molecule has 2 heterocycles. The van der Waals surface area contributed by atoms with E-state index >= 15 is 0 Å². The summed E-state index contributed by atoms with van der Waals surface area (Å²) in [4.78, 5) is 30.8. The molecular weight excluding hydrogens is 244 g/mol. The van der Waals surface area contributed by atoms with Crippen molar-refractivity contribution < 1.29 is 0 Å². The standard InChI is InChI=1S/C13H12N4O2/c18-12-10-3-1-2-4-11(10)15-13(19)17(12)8-7-16-6-5-14-9-16/h1-6,9H,7-8H2,(H,15,19). The first-order valence-electron chi connectivity index (χ1n) is 5.93. The molecule has 1 aromatic carbocycles. The highest BCUT2D eigenvalue weighted by Crippen LogP contribution is 2.02. The third-order valence-electron chi connectivity index (χ3n) is 3.03. The molecule has 0 saturated carbocycles. The highest BCUT2D eigenvalue weighted by atomic mass is 16.2. The number of aromatic nitrogens is 4. The van der Waals surface area contributed by atoms with E-state index in [2.05, 4.69) is 9.97 Å². The fourth-order valence-electron chi connectivity index (χ4n) is 2.04. The van der Waals surface area contributed by atoms with E-state index in [0.29, 0.717) is 24.0 Å². The SMILES string of the molecule is O=c1[nH]c2ccccc2c(=O)n1CCn1ccnc1. The Bertz CT molecular complexity index is 815. The average Bonchev–Trinajstić information content (AvgIpc) is 2.92. The number of aromatic amines is 1. The van der Waals surface area contributed by atoms with Crippen LogP contribution in [0.5, 0.6) is 0 Å². The first-order valence-corrected chi connectivity index (χ1v) is 5.93. The van der Waals surface area contributed by atoms with E-state index in [0.717, 1.165) is 0 Å². The molecule has 0 atom stereocenters. The Morgan fingerprint density at radius 2 is 2.00 bits per heavy atom. The number of H-pyrrole nitrogens is 1. The van der Waals surface area contributed by atoms with Gasteiger partial charge in [0.15, 0.2) is 0 Å². The fourth-order valence-corrected chi connectivity index (χ4v) is 2.04. The average molecular weight is 256 g/mol. The molecule has 3 aromatic rings. The molecule has 1 N–H and O–H groups in total. The minimum absolute atomic E-state index is 0.264. The Labute approximate surface area is 108 Å². The number of benzene rings is 1. The third kappa shape index (κ3) is 2.08. The summed E-state index contributed by atoms with van der Waals surface area (Å²) >= 11 is 0. The predicted molar refractivity (Wildman–Crippen MR) is 71.1 cm³/mol. The molecule has 0 aliphatic heterocycles. The molecule has 96 valence electrons. The zero-order valence-corrected chi connectivity index (χ0v) is 10.1. The number of imidazole rings is 1. The molecule has 6 nitrogen and oxygen atoms in total. The number of fused-ring (bicyclic) bond motifs is 1. The van der Waals surface area contributed by atoms with Gasteiger partial charge < -0.3 is 9.55 Å². The van der Waals surface area contributed by atoms with E-state index in [1.807, 2.05) is 4.57 Å². The number of nitrogens with one attached hydrogen (secondary N) is 1. The minimum atomic E-state index is -0.385. The van der Waals surface area contributed by atoms with Crippen molar-refractivity contribution in [3.05, 3.63) is 63.8 Å². The topological polar surface area (TPSA) is 72.7 Å². The predicted octanol–water partition coefficient (Wildman–Crippen LogP) is 0.587. The fraction of sp³-hybridized carbons (Fsp3) is 0.154. The molecule has 0 unspecified atom stereocenters. The first-order chi connectivity index (χ1) is 9.25. The Morgan fingerprint density at radius 1 is 1.16 bits per heavy atom. The zero-order chi connectivity index (χ0) is 13.2. The molecule has 0 fully saturated rings. The Balaban J connectivity index is 2.04. The summed E-state index contributed by atoms with van der Waals surface area (Å²) in [5, 5.41) is 0.521. The monoisotopic (exact) mass is 256 g/mol. The van der Waals surface area contributed by atoms with Crippen LogP contribution in [0.1, 0.15) is 0 Å². The van der Waals surface area contributed by atoms with Gasteiger partial charge in [0.2, 0.25) is 0 Å². The van der Waals surface area contributed by atoms with Gasteiger partial charge in [-0.3, -0.25) is 9.36 Å². The maximum atomic E-state index is 12.2. The van der Waals surface area contributed by atoms with Crippen LogP contribution in [0.3, 0.4) is 0 Å². The second kappa shape index (κ2) is 4.56. The zero-order valence-electron chi connectivity index (χ0n) is 10.1. The molecule has 6 heteroatoms. The molecule has 0 saturated heterocycles. The van der Waals surface area contributed by atoms with E-state index in [-0.39, 0.29) is 11.2 Å². The van der Waals surface area contributed by atoms with Crippen molar-refractivity contribution in [2.45, 2.75) is 13.1 Å². The van der Waals surface area contributed by atoms with Crippen molar-refractivity contribution in [3.8, 4) is 0 Å². The van der Waals surface area contributed by atoms with E-state index in [4.69, 9.17) is 0 Å². The summed E-state index contributed by atoms with van der Waals surface area (Å²) in [5.74, 6) is 0. The van der Waals surface area contributed by atoms with Crippen LogP contribution in [0, 0.1) is 0 Å². The van der Waals surface area contributed by atoms with Crippen LogP contribution >= 0.6 is 0 Å². The lowest BCUT2D eigenvalue weighted by molar-refractivity contribution is 0.547. The van der Waals surface area contributed by atoms with Crippen molar-refractivity contribution in [1.82, 2.24) is 19.1 Å². The van der Waals surface area contributed by atoms with E-state index in [1.54, 1.807) is 43.0 Å². The lowest BCUT2D eigenvalue weighted by Gasteiger charge is -2.06. The van der Waals surface area contributed by atoms with E-state index < -0.39 is 0 Å². The molecule has 0 amide bonds. The molecular formula is C13H12N4O2. The Morgan fingerprint density at radius 3 is 2.79 bits per heavy atom. The van der Waals surface area contributed by atoms with Gasteiger partial charge in [0.25, 0.3) is 5.56 Å². The van der Waals surface area contributed by atoms with Crippen LogP contribution in [-0.2, 0) is 13.1 Å². The Hall–Kier alpha value is -2.63. The van der Waals surface area contributed by atoms with Crippen LogP contribution in [-0.4, -0.2) is 19.1 Å². The van der Waals surface area contributed by atoms with Gasteiger partial charge in [-0.2, -0.15) is 0 Å². The number of para-hydroxylation sites is 1. The largest absolute Gasteiger partial charge is 0.336 e. The maximum absolute atomic E-state index is 12.2. The lowest BCUT2D eigenvalue weighted by Crippen LogP contribution is -2.36. The van der Waals surface area contributed by atoms with Crippen molar-refractivity contribution in [2.24, 2.45) is 0 Å². The molecule has 0 aliphatic carbocycles. The van der Waals surface area contributed by atoms with Gasteiger partial charge >= 0.3 is 5.69 Å². The summed E-state index contributed by atoms with van der Waals surface area (Å²) < 4.78 is 3.03. The molecule has 0 aliphatic rings. The third-order valence-corrected chi connectivity index (χ3v) is 3.03. The van der Waals surface area contributed by atoms with Gasteiger partial charge in [0.1, 0.15) is 0 Å². The molecule has 0 spiro atoms. The van der Waals surface area contributed by atoms with Crippen LogP contribution in [0.25, 0.3) is 10.9 Å². The van der Waals surface area contributed by atoms with Gasteiger partial charge in [-0.1, -0.05) is 12.1 Å². The number of rotatable bonds is 3. The molecule has 3 rings (SSSR count). The number of hydrogen-bond donors (Lipinski definition) is 1. The summed E-state index contributed by atoms with van der Waals surface area (Å²) in [7, 11) is 0. The second-order valence-corrected chi connectivity index (χ2v) is 4.23. The van der Waals surface area contributed by atoms with Gasteiger partial charge in [0.05, 0.1) is 17.2 Å². The van der Waals surface area contributed by atoms with Crippen LogP contribution < -0.4 is 11.2 Å².